The quantitative estimate of drug-likeness (QED) is 0.575. The Morgan fingerprint density at radius 2 is 1.78 bits per heavy atom. The van der Waals surface area contributed by atoms with Crippen LogP contribution in [0.1, 0.15) is 30.4 Å². The molecule has 1 fully saturated rings. The van der Waals surface area contributed by atoms with Gasteiger partial charge in [-0.25, -0.2) is 4.98 Å². The van der Waals surface area contributed by atoms with Gasteiger partial charge in [-0.3, -0.25) is 10.1 Å². The standard InChI is InChI=1S/C17H17F3N4O3/c18-17(19,20)13-6-4-12(5-7-13)10-27-16-14(24(25)26)15(21-11-22-16)23-8-2-1-3-9-23/h4-7,11H,1-3,8-10H2. The van der Waals surface area contributed by atoms with Gasteiger partial charge in [-0.2, -0.15) is 18.2 Å². The molecular weight excluding hydrogens is 365 g/mol. The molecule has 1 aliphatic heterocycles. The third-order valence-corrected chi connectivity index (χ3v) is 4.26. The van der Waals surface area contributed by atoms with E-state index in [1.165, 1.54) is 18.5 Å². The molecule has 10 heteroatoms. The number of rotatable bonds is 5. The third-order valence-electron chi connectivity index (χ3n) is 4.26. The Kier molecular flexibility index (Phi) is 5.43. The molecule has 1 aromatic heterocycles. The average Bonchev–Trinajstić information content (AvgIpc) is 2.66. The number of alkyl halides is 3. The van der Waals surface area contributed by atoms with Crippen molar-refractivity contribution in [1.29, 1.82) is 0 Å². The maximum Gasteiger partial charge on any atom is 0.416 e. The Labute approximate surface area is 152 Å². The number of ether oxygens (including phenoxy) is 1. The van der Waals surface area contributed by atoms with E-state index in [1.807, 2.05) is 4.90 Å². The molecule has 1 aromatic carbocycles. The van der Waals surface area contributed by atoms with Crippen molar-refractivity contribution in [2.75, 3.05) is 18.0 Å². The van der Waals surface area contributed by atoms with Crippen molar-refractivity contribution in [3.8, 4) is 5.88 Å². The zero-order valence-corrected chi connectivity index (χ0v) is 14.3. The lowest BCUT2D eigenvalue weighted by Crippen LogP contribution is -2.31. The van der Waals surface area contributed by atoms with Crippen molar-refractivity contribution in [3.63, 3.8) is 0 Å². The minimum Gasteiger partial charge on any atom is -0.468 e. The number of hydrogen-bond donors (Lipinski definition) is 0. The highest BCUT2D eigenvalue weighted by Gasteiger charge is 2.31. The lowest BCUT2D eigenvalue weighted by molar-refractivity contribution is -0.385. The fourth-order valence-corrected chi connectivity index (χ4v) is 2.90. The summed E-state index contributed by atoms with van der Waals surface area (Å²) in [6.07, 6.45) is -0.328. The third kappa shape index (κ3) is 4.44. The van der Waals surface area contributed by atoms with Crippen LogP contribution in [0.2, 0.25) is 0 Å². The molecule has 0 unspecified atom stereocenters. The van der Waals surface area contributed by atoms with Crippen LogP contribution in [0.15, 0.2) is 30.6 Å². The summed E-state index contributed by atoms with van der Waals surface area (Å²) in [5.74, 6) is 0.00703. The highest BCUT2D eigenvalue weighted by molar-refractivity contribution is 5.62. The van der Waals surface area contributed by atoms with Crippen LogP contribution in [0.5, 0.6) is 5.88 Å². The van der Waals surface area contributed by atoms with E-state index in [2.05, 4.69) is 9.97 Å². The first-order valence-corrected chi connectivity index (χ1v) is 8.39. The number of anilines is 1. The molecule has 27 heavy (non-hydrogen) atoms. The summed E-state index contributed by atoms with van der Waals surface area (Å²) in [6, 6.07) is 4.40. The summed E-state index contributed by atoms with van der Waals surface area (Å²) in [7, 11) is 0. The summed E-state index contributed by atoms with van der Waals surface area (Å²) >= 11 is 0. The molecule has 1 saturated heterocycles. The fraction of sp³-hybridized carbons (Fsp3) is 0.412. The largest absolute Gasteiger partial charge is 0.468 e. The van der Waals surface area contributed by atoms with Gasteiger partial charge in [0.2, 0.25) is 5.82 Å². The van der Waals surface area contributed by atoms with Gasteiger partial charge >= 0.3 is 11.9 Å². The van der Waals surface area contributed by atoms with Crippen molar-refractivity contribution in [2.45, 2.75) is 32.0 Å². The number of nitrogens with zero attached hydrogens (tertiary/aromatic N) is 4. The number of hydrogen-bond acceptors (Lipinski definition) is 6. The van der Waals surface area contributed by atoms with Crippen LogP contribution in [0.4, 0.5) is 24.7 Å². The van der Waals surface area contributed by atoms with Crippen molar-refractivity contribution < 1.29 is 22.8 Å². The molecule has 0 saturated carbocycles. The van der Waals surface area contributed by atoms with Crippen LogP contribution < -0.4 is 9.64 Å². The van der Waals surface area contributed by atoms with Gasteiger partial charge in [-0.1, -0.05) is 12.1 Å². The zero-order chi connectivity index (χ0) is 19.4. The summed E-state index contributed by atoms with van der Waals surface area (Å²) in [4.78, 5) is 20.7. The molecule has 0 aliphatic carbocycles. The van der Waals surface area contributed by atoms with Gasteiger partial charge in [-0.05, 0) is 37.0 Å². The van der Waals surface area contributed by atoms with Crippen molar-refractivity contribution in [1.82, 2.24) is 9.97 Å². The molecule has 2 heterocycles. The van der Waals surface area contributed by atoms with E-state index in [0.717, 1.165) is 31.4 Å². The Morgan fingerprint density at radius 1 is 1.11 bits per heavy atom. The number of aromatic nitrogens is 2. The van der Waals surface area contributed by atoms with Crippen LogP contribution in [0.3, 0.4) is 0 Å². The summed E-state index contributed by atoms with van der Waals surface area (Å²) in [5.41, 5.74) is -0.659. The van der Waals surface area contributed by atoms with Crippen molar-refractivity contribution in [2.24, 2.45) is 0 Å². The highest BCUT2D eigenvalue weighted by Crippen LogP contribution is 2.35. The average molecular weight is 382 g/mol. The zero-order valence-electron chi connectivity index (χ0n) is 14.3. The van der Waals surface area contributed by atoms with E-state index >= 15 is 0 Å². The molecule has 0 radical (unpaired) electrons. The number of halogens is 3. The minimum atomic E-state index is -4.42. The molecule has 1 aliphatic rings. The Balaban J connectivity index is 1.79. The second-order valence-electron chi connectivity index (χ2n) is 6.14. The van der Waals surface area contributed by atoms with E-state index in [1.54, 1.807) is 0 Å². The van der Waals surface area contributed by atoms with Gasteiger partial charge < -0.3 is 9.64 Å². The molecule has 0 N–H and O–H groups in total. The van der Waals surface area contributed by atoms with Gasteiger partial charge in [0.05, 0.1) is 10.5 Å². The smallest absolute Gasteiger partial charge is 0.416 e. The first-order chi connectivity index (χ1) is 12.9. The normalized spacial score (nSPS) is 14.9. The summed E-state index contributed by atoms with van der Waals surface area (Å²) < 4.78 is 43.3. The Bertz CT molecular complexity index is 806. The maximum atomic E-state index is 12.6. The van der Waals surface area contributed by atoms with E-state index in [9.17, 15) is 23.3 Å². The minimum absolute atomic E-state index is 0.143. The van der Waals surface area contributed by atoms with Gasteiger partial charge in [0.1, 0.15) is 12.9 Å². The molecule has 7 nitrogen and oxygen atoms in total. The molecular formula is C17H17F3N4O3. The first kappa shape index (κ1) is 18.9. The van der Waals surface area contributed by atoms with Crippen LogP contribution >= 0.6 is 0 Å². The van der Waals surface area contributed by atoms with Crippen molar-refractivity contribution >= 4 is 11.5 Å². The Hall–Kier alpha value is -2.91. The first-order valence-electron chi connectivity index (χ1n) is 8.39. The van der Waals surface area contributed by atoms with E-state index in [0.29, 0.717) is 18.7 Å². The van der Waals surface area contributed by atoms with E-state index < -0.39 is 16.7 Å². The van der Waals surface area contributed by atoms with E-state index in [-0.39, 0.29) is 24.0 Å². The predicted octanol–water partition coefficient (Wildman–Crippen LogP) is 3.97. The van der Waals surface area contributed by atoms with Gasteiger partial charge in [0, 0.05) is 13.1 Å². The highest BCUT2D eigenvalue weighted by atomic mass is 19.4. The lowest BCUT2D eigenvalue weighted by Gasteiger charge is -2.27. The lowest BCUT2D eigenvalue weighted by atomic mass is 10.1. The molecule has 144 valence electrons. The van der Waals surface area contributed by atoms with Crippen LogP contribution in [-0.2, 0) is 12.8 Å². The number of piperidine rings is 1. The number of benzene rings is 1. The van der Waals surface area contributed by atoms with Gasteiger partial charge in [-0.15, -0.1) is 0 Å². The second kappa shape index (κ2) is 7.77. The summed E-state index contributed by atoms with van der Waals surface area (Å²) in [6.45, 7) is 1.18. The molecule has 0 spiro atoms. The molecule has 0 amide bonds. The Morgan fingerprint density at radius 3 is 2.37 bits per heavy atom. The van der Waals surface area contributed by atoms with Crippen LogP contribution in [0, 0.1) is 10.1 Å². The fourth-order valence-electron chi connectivity index (χ4n) is 2.90. The molecule has 3 rings (SSSR count). The summed E-state index contributed by atoms with van der Waals surface area (Å²) in [5, 5.41) is 11.5. The van der Waals surface area contributed by atoms with Crippen LogP contribution in [-0.4, -0.2) is 28.0 Å². The maximum absolute atomic E-state index is 12.6. The molecule has 0 atom stereocenters. The second-order valence-corrected chi connectivity index (χ2v) is 6.14. The van der Waals surface area contributed by atoms with E-state index in [4.69, 9.17) is 4.74 Å². The monoisotopic (exact) mass is 382 g/mol. The predicted molar refractivity (Wildman–Crippen MR) is 90.5 cm³/mol. The number of nitro groups is 1. The van der Waals surface area contributed by atoms with Crippen molar-refractivity contribution in [3.05, 3.63) is 51.8 Å². The SMILES string of the molecule is O=[N+]([O-])c1c(OCc2ccc(C(F)(F)F)cc2)ncnc1N1CCCCC1. The topological polar surface area (TPSA) is 81.4 Å². The van der Waals surface area contributed by atoms with Gasteiger partial charge in [0.25, 0.3) is 5.88 Å². The van der Waals surface area contributed by atoms with Gasteiger partial charge in [0.15, 0.2) is 0 Å². The molecule has 2 aromatic rings. The molecule has 0 bridgehead atoms. The van der Waals surface area contributed by atoms with Crippen LogP contribution in [0.25, 0.3) is 0 Å².